The molecule has 1 amide bonds. The van der Waals surface area contributed by atoms with E-state index in [4.69, 9.17) is 4.74 Å². The quantitative estimate of drug-likeness (QED) is 0.834. The number of rotatable bonds is 6. The van der Waals surface area contributed by atoms with Crippen LogP contribution in [-0.2, 0) is 24.2 Å². The van der Waals surface area contributed by atoms with Crippen molar-refractivity contribution < 1.29 is 9.53 Å². The van der Waals surface area contributed by atoms with Gasteiger partial charge in [-0.05, 0) is 49.6 Å². The van der Waals surface area contributed by atoms with Gasteiger partial charge in [0.25, 0.3) is 0 Å². The van der Waals surface area contributed by atoms with Crippen LogP contribution in [0.3, 0.4) is 0 Å². The summed E-state index contributed by atoms with van der Waals surface area (Å²) in [6.07, 6.45) is 1.89. The molecule has 0 saturated heterocycles. The summed E-state index contributed by atoms with van der Waals surface area (Å²) < 4.78 is 5.42. The maximum Gasteiger partial charge on any atom is 0.225 e. The molecule has 0 unspecified atom stereocenters. The van der Waals surface area contributed by atoms with E-state index in [1.165, 1.54) is 11.3 Å². The van der Waals surface area contributed by atoms with Crippen LogP contribution in [0, 0.1) is 11.3 Å². The van der Waals surface area contributed by atoms with Gasteiger partial charge in [-0.1, -0.05) is 12.1 Å². The van der Waals surface area contributed by atoms with Crippen molar-refractivity contribution in [2.45, 2.75) is 32.7 Å². The lowest BCUT2D eigenvalue weighted by Crippen LogP contribution is -2.22. The van der Waals surface area contributed by atoms with Crippen molar-refractivity contribution in [3.05, 3.63) is 45.8 Å². The lowest BCUT2D eigenvalue weighted by atomic mass is 10.0. The van der Waals surface area contributed by atoms with Gasteiger partial charge in [0.05, 0.1) is 12.2 Å². The Labute approximate surface area is 151 Å². The molecule has 0 bridgehead atoms. The highest BCUT2D eigenvalue weighted by Crippen LogP contribution is 2.34. The van der Waals surface area contributed by atoms with Gasteiger partial charge in [-0.15, -0.1) is 11.3 Å². The molecule has 1 aromatic heterocycles. The van der Waals surface area contributed by atoms with E-state index in [0.29, 0.717) is 30.0 Å². The van der Waals surface area contributed by atoms with Gasteiger partial charge in [0.15, 0.2) is 0 Å². The number of hydrogen-bond donors (Lipinski definition) is 2. The van der Waals surface area contributed by atoms with Crippen molar-refractivity contribution in [1.82, 2.24) is 5.32 Å². The number of aryl methyl sites for hydroxylation is 1. The molecule has 2 N–H and O–H groups in total. The van der Waals surface area contributed by atoms with E-state index < -0.39 is 0 Å². The second kappa shape index (κ2) is 8.15. The lowest BCUT2D eigenvalue weighted by molar-refractivity contribution is -0.116. The number of thiophene rings is 1. The zero-order valence-electron chi connectivity index (χ0n) is 14.2. The number of amides is 1. The fourth-order valence-electron chi connectivity index (χ4n) is 2.91. The Morgan fingerprint density at radius 1 is 1.40 bits per heavy atom. The third kappa shape index (κ3) is 4.19. The van der Waals surface area contributed by atoms with E-state index in [1.807, 2.05) is 31.2 Å². The highest BCUT2D eigenvalue weighted by atomic mass is 32.1. The molecule has 2 heterocycles. The molecule has 25 heavy (non-hydrogen) atoms. The largest absolute Gasteiger partial charge is 0.494 e. The zero-order valence-corrected chi connectivity index (χ0v) is 15.0. The summed E-state index contributed by atoms with van der Waals surface area (Å²) >= 11 is 1.51. The number of fused-ring (bicyclic) bond motifs is 1. The van der Waals surface area contributed by atoms with E-state index in [9.17, 15) is 10.1 Å². The summed E-state index contributed by atoms with van der Waals surface area (Å²) in [6.45, 7) is 4.25. The number of anilines is 1. The Hall–Kier alpha value is -2.36. The van der Waals surface area contributed by atoms with Crippen molar-refractivity contribution in [2.24, 2.45) is 0 Å². The summed E-state index contributed by atoms with van der Waals surface area (Å²) in [6, 6.07) is 10.1. The molecule has 6 heteroatoms. The lowest BCUT2D eigenvalue weighted by Gasteiger charge is -2.11. The van der Waals surface area contributed by atoms with Crippen LogP contribution in [0.25, 0.3) is 0 Å². The van der Waals surface area contributed by atoms with E-state index in [-0.39, 0.29) is 5.91 Å². The number of benzene rings is 1. The van der Waals surface area contributed by atoms with Crippen LogP contribution in [0.4, 0.5) is 5.00 Å². The van der Waals surface area contributed by atoms with Crippen LogP contribution >= 0.6 is 11.3 Å². The Morgan fingerprint density at radius 3 is 2.92 bits per heavy atom. The minimum atomic E-state index is -0.0584. The van der Waals surface area contributed by atoms with Crippen molar-refractivity contribution >= 4 is 22.2 Å². The average Bonchev–Trinajstić information content (AvgIpc) is 2.98. The van der Waals surface area contributed by atoms with Crippen LogP contribution in [0.2, 0.25) is 0 Å². The van der Waals surface area contributed by atoms with Gasteiger partial charge in [0, 0.05) is 17.8 Å². The predicted octanol–water partition coefficient (Wildman–Crippen LogP) is 3.24. The summed E-state index contributed by atoms with van der Waals surface area (Å²) in [5.74, 6) is 0.782. The number of nitrogens with zero attached hydrogens (tertiary/aromatic N) is 1. The van der Waals surface area contributed by atoms with Crippen molar-refractivity contribution in [3.8, 4) is 11.8 Å². The van der Waals surface area contributed by atoms with Gasteiger partial charge < -0.3 is 15.4 Å². The molecule has 0 saturated carbocycles. The molecule has 3 rings (SSSR count). The number of nitrogens with one attached hydrogen (secondary N) is 2. The maximum absolute atomic E-state index is 12.3. The molecule has 0 radical (unpaired) electrons. The highest BCUT2D eigenvalue weighted by molar-refractivity contribution is 7.16. The zero-order chi connectivity index (χ0) is 17.6. The van der Waals surface area contributed by atoms with Gasteiger partial charge >= 0.3 is 0 Å². The van der Waals surface area contributed by atoms with Crippen LogP contribution in [0.5, 0.6) is 5.75 Å². The van der Waals surface area contributed by atoms with Gasteiger partial charge in [-0.3, -0.25) is 4.79 Å². The number of carbonyl (C=O) groups excluding carboxylic acids is 1. The first-order valence-corrected chi connectivity index (χ1v) is 9.30. The summed E-state index contributed by atoms with van der Waals surface area (Å²) in [7, 11) is 0. The number of nitriles is 1. The Kier molecular flexibility index (Phi) is 5.69. The molecule has 1 aliphatic heterocycles. The van der Waals surface area contributed by atoms with E-state index in [1.54, 1.807) is 0 Å². The fourth-order valence-corrected chi connectivity index (χ4v) is 4.09. The Morgan fingerprint density at radius 2 is 2.20 bits per heavy atom. The monoisotopic (exact) mass is 355 g/mol. The average molecular weight is 355 g/mol. The normalized spacial score (nSPS) is 13.0. The first-order chi connectivity index (χ1) is 12.2. The minimum absolute atomic E-state index is 0.0584. The second-order valence-electron chi connectivity index (χ2n) is 5.87. The number of ether oxygens (including phenoxy) is 1. The molecule has 130 valence electrons. The molecule has 0 spiro atoms. The molecular weight excluding hydrogens is 334 g/mol. The summed E-state index contributed by atoms with van der Waals surface area (Å²) in [5.41, 5.74) is 2.82. The van der Waals surface area contributed by atoms with Gasteiger partial charge in [-0.25, -0.2) is 0 Å². The molecular formula is C19H21N3O2S. The first-order valence-electron chi connectivity index (χ1n) is 8.48. The fraction of sp³-hybridized carbons (Fsp3) is 0.368. The highest BCUT2D eigenvalue weighted by Gasteiger charge is 2.21. The topological polar surface area (TPSA) is 74.1 Å². The number of hydrogen-bond acceptors (Lipinski definition) is 5. The second-order valence-corrected chi connectivity index (χ2v) is 6.98. The summed E-state index contributed by atoms with van der Waals surface area (Å²) in [5, 5.41) is 16.3. The van der Waals surface area contributed by atoms with Gasteiger partial charge in [-0.2, -0.15) is 5.26 Å². The van der Waals surface area contributed by atoms with E-state index in [0.717, 1.165) is 41.3 Å². The van der Waals surface area contributed by atoms with Crippen molar-refractivity contribution in [2.75, 3.05) is 18.5 Å². The third-order valence-corrected chi connectivity index (χ3v) is 5.32. The van der Waals surface area contributed by atoms with E-state index >= 15 is 0 Å². The SMILES string of the molecule is CCOc1ccc(CCC(=O)Nc2sc3c(c2C#N)CCNC3)cc1. The summed E-state index contributed by atoms with van der Waals surface area (Å²) in [4.78, 5) is 13.4. The maximum atomic E-state index is 12.3. The molecule has 0 atom stereocenters. The molecule has 1 aliphatic rings. The van der Waals surface area contributed by atoms with Crippen molar-refractivity contribution in [3.63, 3.8) is 0 Å². The smallest absolute Gasteiger partial charge is 0.225 e. The molecule has 5 nitrogen and oxygen atoms in total. The van der Waals surface area contributed by atoms with Crippen LogP contribution < -0.4 is 15.4 Å². The first kappa shape index (κ1) is 17.5. The molecule has 0 fully saturated rings. The van der Waals surface area contributed by atoms with Crippen LogP contribution in [-0.4, -0.2) is 19.1 Å². The predicted molar refractivity (Wildman–Crippen MR) is 99.0 cm³/mol. The number of carbonyl (C=O) groups is 1. The van der Waals surface area contributed by atoms with Crippen LogP contribution in [0.1, 0.15) is 34.9 Å². The van der Waals surface area contributed by atoms with Gasteiger partial charge in [0.1, 0.15) is 16.8 Å². The standard InChI is InChI=1S/C19H21N3O2S/c1-2-24-14-6-3-13(4-7-14)5-8-18(23)22-19-16(11-20)15-9-10-21-12-17(15)25-19/h3-4,6-7,21H,2,5,8-10,12H2,1H3,(H,22,23). The van der Waals surface area contributed by atoms with Crippen LogP contribution in [0.15, 0.2) is 24.3 Å². The Bertz CT molecular complexity index is 790. The molecule has 1 aromatic carbocycles. The molecule has 2 aromatic rings. The Balaban J connectivity index is 1.59. The van der Waals surface area contributed by atoms with Crippen molar-refractivity contribution in [1.29, 1.82) is 5.26 Å². The van der Waals surface area contributed by atoms with Gasteiger partial charge in [0.2, 0.25) is 5.91 Å². The molecule has 0 aliphatic carbocycles. The van der Waals surface area contributed by atoms with E-state index in [2.05, 4.69) is 16.7 Å². The third-order valence-electron chi connectivity index (χ3n) is 4.17. The minimum Gasteiger partial charge on any atom is -0.494 e.